The lowest BCUT2D eigenvalue weighted by Crippen LogP contribution is -2.41. The fourth-order valence-electron chi connectivity index (χ4n) is 1.76. The van der Waals surface area contributed by atoms with E-state index in [4.69, 9.17) is 0 Å². The van der Waals surface area contributed by atoms with Crippen molar-refractivity contribution in [2.75, 3.05) is 12.4 Å². The molecule has 0 radical (unpaired) electrons. The maximum atomic E-state index is 11.1. The summed E-state index contributed by atoms with van der Waals surface area (Å²) in [5.74, 6) is -0.244. The summed E-state index contributed by atoms with van der Waals surface area (Å²) < 4.78 is 4.60. The topological polar surface area (TPSA) is 51.2 Å². The van der Waals surface area contributed by atoms with Gasteiger partial charge >= 0.3 is 5.97 Å². The molecule has 0 bridgehead atoms. The van der Waals surface area contributed by atoms with E-state index in [9.17, 15) is 4.79 Å². The molecule has 0 spiro atoms. The van der Waals surface area contributed by atoms with Crippen molar-refractivity contribution in [3.05, 3.63) is 11.1 Å². The summed E-state index contributed by atoms with van der Waals surface area (Å²) in [7, 11) is 1.39. The number of thiazole rings is 1. The van der Waals surface area contributed by atoms with Gasteiger partial charge in [-0.05, 0) is 26.2 Å². The molecular formula is C11H16N2O2S. The molecule has 0 amide bonds. The predicted molar refractivity (Wildman–Crippen MR) is 63.7 cm³/mol. The monoisotopic (exact) mass is 240 g/mol. The lowest BCUT2D eigenvalue weighted by atomic mass is 9.79. The number of hydrogen-bond donors (Lipinski definition) is 1. The van der Waals surface area contributed by atoms with Gasteiger partial charge in [0.15, 0.2) is 5.13 Å². The highest BCUT2D eigenvalue weighted by Gasteiger charge is 2.32. The molecule has 1 fully saturated rings. The highest BCUT2D eigenvalue weighted by molar-refractivity contribution is 7.13. The number of anilines is 1. The number of rotatable bonds is 4. The van der Waals surface area contributed by atoms with Gasteiger partial charge in [-0.1, -0.05) is 0 Å². The summed E-state index contributed by atoms with van der Waals surface area (Å²) in [6.07, 6.45) is 3.92. The van der Waals surface area contributed by atoms with Gasteiger partial charge in [-0.25, -0.2) is 4.98 Å². The highest BCUT2D eigenvalue weighted by atomic mass is 32.1. The van der Waals surface area contributed by atoms with E-state index >= 15 is 0 Å². The average Bonchev–Trinajstić information content (AvgIpc) is 2.63. The molecule has 1 aliphatic rings. The Labute approximate surface area is 99.0 Å². The Morgan fingerprint density at radius 3 is 3.00 bits per heavy atom. The molecule has 2 rings (SSSR count). The second kappa shape index (κ2) is 4.41. The quantitative estimate of drug-likeness (QED) is 0.820. The van der Waals surface area contributed by atoms with Crippen molar-refractivity contribution in [2.24, 2.45) is 0 Å². The van der Waals surface area contributed by atoms with Gasteiger partial charge in [0, 0.05) is 10.9 Å². The van der Waals surface area contributed by atoms with E-state index in [1.165, 1.54) is 26.4 Å². The number of hydrogen-bond acceptors (Lipinski definition) is 5. The van der Waals surface area contributed by atoms with Crippen LogP contribution in [0.5, 0.6) is 0 Å². The Bertz CT molecular complexity index is 385. The molecule has 4 nitrogen and oxygen atoms in total. The van der Waals surface area contributed by atoms with Crippen LogP contribution in [0.25, 0.3) is 0 Å². The summed E-state index contributed by atoms with van der Waals surface area (Å²) >= 11 is 1.55. The predicted octanol–water partition coefficient (Wildman–Crippen LogP) is 2.21. The van der Waals surface area contributed by atoms with Crippen molar-refractivity contribution in [2.45, 2.75) is 38.1 Å². The molecular weight excluding hydrogens is 224 g/mol. The van der Waals surface area contributed by atoms with Gasteiger partial charge in [0.2, 0.25) is 0 Å². The van der Waals surface area contributed by atoms with E-state index in [2.05, 4.69) is 22.0 Å². The first-order valence-electron chi connectivity index (χ1n) is 5.41. The zero-order valence-corrected chi connectivity index (χ0v) is 10.4. The van der Waals surface area contributed by atoms with E-state index in [0.717, 1.165) is 10.8 Å². The molecule has 16 heavy (non-hydrogen) atoms. The maximum Gasteiger partial charge on any atom is 0.311 e. The third-order valence-corrected chi connectivity index (χ3v) is 3.78. The smallest absolute Gasteiger partial charge is 0.311 e. The van der Waals surface area contributed by atoms with E-state index in [0.29, 0.717) is 0 Å². The van der Waals surface area contributed by atoms with Gasteiger partial charge in [-0.2, -0.15) is 0 Å². The fraction of sp³-hybridized carbons (Fsp3) is 0.636. The summed E-state index contributed by atoms with van der Waals surface area (Å²) in [4.78, 5) is 15.4. The van der Waals surface area contributed by atoms with Crippen molar-refractivity contribution in [3.8, 4) is 0 Å². The van der Waals surface area contributed by atoms with E-state index < -0.39 is 0 Å². The molecule has 0 unspecified atom stereocenters. The van der Waals surface area contributed by atoms with Crippen molar-refractivity contribution in [1.82, 2.24) is 4.98 Å². The summed E-state index contributed by atoms with van der Waals surface area (Å²) in [5.41, 5.74) is 0.989. The number of carbonyl (C=O) groups excluding carboxylic acids is 1. The first-order valence-corrected chi connectivity index (χ1v) is 6.29. The molecule has 88 valence electrons. The third kappa shape index (κ3) is 2.52. The van der Waals surface area contributed by atoms with E-state index in [1.807, 2.05) is 5.38 Å². The molecule has 0 aliphatic heterocycles. The van der Waals surface area contributed by atoms with E-state index in [1.54, 1.807) is 11.3 Å². The Kier molecular flexibility index (Phi) is 3.14. The van der Waals surface area contributed by atoms with Gasteiger partial charge in [-0.15, -0.1) is 11.3 Å². The van der Waals surface area contributed by atoms with Gasteiger partial charge < -0.3 is 10.1 Å². The molecule has 0 aromatic carbocycles. The number of nitrogens with zero attached hydrogens (tertiary/aromatic N) is 1. The third-order valence-electron chi connectivity index (χ3n) is 2.97. The molecule has 1 aromatic heterocycles. The zero-order valence-electron chi connectivity index (χ0n) is 9.58. The molecule has 0 atom stereocenters. The Hall–Kier alpha value is -1.10. The number of esters is 1. The number of nitrogens with one attached hydrogen (secondary N) is 1. The number of aromatic nitrogens is 1. The van der Waals surface area contributed by atoms with E-state index in [-0.39, 0.29) is 17.9 Å². The Balaban J connectivity index is 1.94. The van der Waals surface area contributed by atoms with Gasteiger partial charge in [0.1, 0.15) is 0 Å². The number of methoxy groups -OCH3 is 1. The van der Waals surface area contributed by atoms with Crippen molar-refractivity contribution >= 4 is 22.4 Å². The zero-order chi connectivity index (χ0) is 11.6. The van der Waals surface area contributed by atoms with Crippen molar-refractivity contribution in [3.63, 3.8) is 0 Å². The summed E-state index contributed by atoms with van der Waals surface area (Å²) in [6.45, 7) is 2.21. The van der Waals surface area contributed by atoms with Crippen LogP contribution in [0.4, 0.5) is 5.13 Å². The SMILES string of the molecule is COC(=O)Cc1csc(NC2(C)CCC2)n1. The fourth-order valence-corrected chi connectivity index (χ4v) is 2.61. The largest absolute Gasteiger partial charge is 0.469 e. The first-order chi connectivity index (χ1) is 7.61. The molecule has 0 saturated heterocycles. The molecule has 1 N–H and O–H groups in total. The minimum absolute atomic E-state index is 0.209. The van der Waals surface area contributed by atoms with Crippen LogP contribution in [-0.4, -0.2) is 23.6 Å². The average molecular weight is 240 g/mol. The van der Waals surface area contributed by atoms with Gasteiger partial charge in [-0.3, -0.25) is 4.79 Å². The lowest BCUT2D eigenvalue weighted by molar-refractivity contribution is -0.139. The van der Waals surface area contributed by atoms with Crippen LogP contribution in [0, 0.1) is 0 Å². The second-order valence-corrected chi connectivity index (χ2v) is 5.29. The van der Waals surface area contributed by atoms with Crippen molar-refractivity contribution in [1.29, 1.82) is 0 Å². The van der Waals surface area contributed by atoms with Crippen LogP contribution in [0.3, 0.4) is 0 Å². The minimum Gasteiger partial charge on any atom is -0.469 e. The molecule has 1 heterocycles. The standard InChI is InChI=1S/C11H16N2O2S/c1-11(4-3-5-11)13-10-12-8(7-16-10)6-9(14)15-2/h7H,3-6H2,1-2H3,(H,12,13). The lowest BCUT2D eigenvalue weighted by Gasteiger charge is -2.39. The van der Waals surface area contributed by atoms with Gasteiger partial charge in [0.25, 0.3) is 0 Å². The van der Waals surface area contributed by atoms with Crippen molar-refractivity contribution < 1.29 is 9.53 Å². The van der Waals surface area contributed by atoms with Crippen LogP contribution in [0.2, 0.25) is 0 Å². The molecule has 1 aliphatic carbocycles. The van der Waals surface area contributed by atoms with Gasteiger partial charge in [0.05, 0.1) is 19.2 Å². The summed E-state index contributed by atoms with van der Waals surface area (Å²) in [5, 5.41) is 6.23. The normalized spacial score (nSPS) is 17.6. The van der Waals surface area contributed by atoms with Crippen LogP contribution in [0.1, 0.15) is 31.9 Å². The molecule has 1 saturated carbocycles. The maximum absolute atomic E-state index is 11.1. The molecule has 5 heteroatoms. The van der Waals surface area contributed by atoms with Crippen LogP contribution < -0.4 is 5.32 Å². The summed E-state index contributed by atoms with van der Waals surface area (Å²) in [6, 6.07) is 0. The first kappa shape index (κ1) is 11.4. The second-order valence-electron chi connectivity index (χ2n) is 4.44. The minimum atomic E-state index is -0.244. The Morgan fingerprint density at radius 1 is 1.69 bits per heavy atom. The number of carbonyl (C=O) groups is 1. The number of ether oxygens (including phenoxy) is 1. The Morgan fingerprint density at radius 2 is 2.44 bits per heavy atom. The van der Waals surface area contributed by atoms with Crippen LogP contribution in [-0.2, 0) is 16.0 Å². The molecule has 1 aromatic rings. The highest BCUT2D eigenvalue weighted by Crippen LogP contribution is 2.35. The van der Waals surface area contributed by atoms with Crippen LogP contribution in [0.15, 0.2) is 5.38 Å². The van der Waals surface area contributed by atoms with Crippen LogP contribution >= 0.6 is 11.3 Å².